The maximum absolute atomic E-state index is 12.3. The number of rotatable bonds is 4. The van der Waals surface area contributed by atoms with Crippen molar-refractivity contribution in [1.82, 2.24) is 10.2 Å². The molecule has 2 rings (SSSR count). The van der Waals surface area contributed by atoms with Gasteiger partial charge in [0.1, 0.15) is 0 Å². The van der Waals surface area contributed by atoms with E-state index in [1.807, 2.05) is 11.9 Å². The molecule has 1 saturated heterocycles. The van der Waals surface area contributed by atoms with E-state index in [2.05, 4.69) is 21.2 Å². The number of benzene rings is 1. The first-order valence-corrected chi connectivity index (χ1v) is 7.68. The van der Waals surface area contributed by atoms with Crippen molar-refractivity contribution in [2.45, 2.75) is 25.3 Å². The largest absolute Gasteiger partial charge is 0.342 e. The third-order valence-electron chi connectivity index (χ3n) is 3.85. The number of piperidine rings is 1. The maximum atomic E-state index is 12.3. The van der Waals surface area contributed by atoms with E-state index in [9.17, 15) is 14.9 Å². The predicted molar refractivity (Wildman–Crippen MR) is 90.4 cm³/mol. The summed E-state index contributed by atoms with van der Waals surface area (Å²) >= 11 is 3.30. The Bertz CT molecular complexity index is 548. The minimum Gasteiger partial charge on any atom is -0.342 e. The number of hydrogen-bond acceptors (Lipinski definition) is 4. The lowest BCUT2D eigenvalue weighted by molar-refractivity contribution is -0.384. The molecule has 1 fully saturated rings. The second-order valence-electron chi connectivity index (χ2n) is 5.15. The number of carbonyl (C=O) groups is 1. The lowest BCUT2D eigenvalue weighted by Crippen LogP contribution is -2.44. The molecule has 6 nitrogen and oxygen atoms in total. The van der Waals surface area contributed by atoms with Gasteiger partial charge < -0.3 is 10.2 Å². The molecule has 0 aliphatic carbocycles. The first-order chi connectivity index (χ1) is 10.0. The van der Waals surface area contributed by atoms with E-state index in [0.29, 0.717) is 10.5 Å². The van der Waals surface area contributed by atoms with Crippen LogP contribution in [0.15, 0.2) is 22.7 Å². The number of halogens is 2. The molecule has 0 bridgehead atoms. The lowest BCUT2D eigenvalue weighted by Gasteiger charge is -2.32. The SMILES string of the molecule is CNC1CCN(C(=O)Cc2ccc([N+](=O)[O-])cc2Br)CC1.Cl. The van der Waals surface area contributed by atoms with Crippen LogP contribution in [0.2, 0.25) is 0 Å². The molecule has 1 aromatic carbocycles. The summed E-state index contributed by atoms with van der Waals surface area (Å²) in [6.45, 7) is 1.52. The molecule has 1 N–H and O–H groups in total. The predicted octanol–water partition coefficient (Wildman–Crippen LogP) is 2.53. The second kappa shape index (κ2) is 8.45. The number of carbonyl (C=O) groups excluding carboxylic acids is 1. The molecule has 1 aliphatic heterocycles. The average molecular weight is 393 g/mol. The van der Waals surface area contributed by atoms with Gasteiger partial charge in [-0.3, -0.25) is 14.9 Å². The van der Waals surface area contributed by atoms with Crippen LogP contribution in [0.3, 0.4) is 0 Å². The Morgan fingerprint density at radius 3 is 2.59 bits per heavy atom. The average Bonchev–Trinajstić information content (AvgIpc) is 2.49. The quantitative estimate of drug-likeness (QED) is 0.631. The van der Waals surface area contributed by atoms with Crippen LogP contribution in [-0.4, -0.2) is 41.9 Å². The number of nitro benzene ring substituents is 1. The highest BCUT2D eigenvalue weighted by Crippen LogP contribution is 2.24. The monoisotopic (exact) mass is 391 g/mol. The summed E-state index contributed by atoms with van der Waals surface area (Å²) in [4.78, 5) is 24.4. The van der Waals surface area contributed by atoms with Gasteiger partial charge in [-0.1, -0.05) is 22.0 Å². The zero-order chi connectivity index (χ0) is 15.4. The van der Waals surface area contributed by atoms with Gasteiger partial charge in [-0.25, -0.2) is 0 Å². The van der Waals surface area contributed by atoms with Gasteiger partial charge in [0, 0.05) is 35.7 Å². The molecule has 1 heterocycles. The van der Waals surface area contributed by atoms with Gasteiger partial charge in [0.05, 0.1) is 11.3 Å². The standard InChI is InChI=1S/C14H18BrN3O3.ClH/c1-16-11-4-6-17(7-5-11)14(19)8-10-2-3-12(18(20)21)9-13(10)15;/h2-3,9,11,16H,4-8H2,1H3;1H. The van der Waals surface area contributed by atoms with Crippen molar-refractivity contribution in [1.29, 1.82) is 0 Å². The molecule has 0 aromatic heterocycles. The number of nitro groups is 1. The highest BCUT2D eigenvalue weighted by atomic mass is 79.9. The molecule has 1 amide bonds. The molecule has 122 valence electrons. The third kappa shape index (κ3) is 4.66. The van der Waals surface area contributed by atoms with Crippen LogP contribution in [0.5, 0.6) is 0 Å². The minimum atomic E-state index is -0.446. The molecule has 8 heteroatoms. The minimum absolute atomic E-state index is 0. The maximum Gasteiger partial charge on any atom is 0.270 e. The van der Waals surface area contributed by atoms with Crippen molar-refractivity contribution < 1.29 is 9.72 Å². The van der Waals surface area contributed by atoms with Crippen LogP contribution < -0.4 is 5.32 Å². The Labute approximate surface area is 143 Å². The van der Waals surface area contributed by atoms with E-state index >= 15 is 0 Å². The summed E-state index contributed by atoms with van der Waals surface area (Å²) in [5.74, 6) is 0.0686. The van der Waals surface area contributed by atoms with E-state index in [1.54, 1.807) is 6.07 Å². The van der Waals surface area contributed by atoms with E-state index in [0.717, 1.165) is 31.5 Å². The zero-order valence-corrected chi connectivity index (χ0v) is 14.7. The summed E-state index contributed by atoms with van der Waals surface area (Å²) in [7, 11) is 1.94. The summed E-state index contributed by atoms with van der Waals surface area (Å²) in [6.07, 6.45) is 2.19. The molecule has 22 heavy (non-hydrogen) atoms. The molecule has 0 atom stereocenters. The summed E-state index contributed by atoms with van der Waals surface area (Å²) < 4.78 is 0.607. The topological polar surface area (TPSA) is 75.5 Å². The molecule has 1 aliphatic rings. The van der Waals surface area contributed by atoms with Crippen LogP contribution in [0.25, 0.3) is 0 Å². The van der Waals surface area contributed by atoms with Gasteiger partial charge in [-0.05, 0) is 25.5 Å². The van der Waals surface area contributed by atoms with Crippen molar-refractivity contribution in [3.63, 3.8) is 0 Å². The van der Waals surface area contributed by atoms with Crippen molar-refractivity contribution >= 4 is 39.9 Å². The number of nitrogens with zero attached hydrogens (tertiary/aromatic N) is 2. The third-order valence-corrected chi connectivity index (χ3v) is 4.58. The summed E-state index contributed by atoms with van der Waals surface area (Å²) in [6, 6.07) is 5.00. The highest BCUT2D eigenvalue weighted by Gasteiger charge is 2.22. The van der Waals surface area contributed by atoms with Crippen LogP contribution in [0, 0.1) is 10.1 Å². The van der Waals surface area contributed by atoms with Gasteiger partial charge in [-0.15, -0.1) is 12.4 Å². The van der Waals surface area contributed by atoms with Crippen LogP contribution in [0.4, 0.5) is 5.69 Å². The molecule has 0 saturated carbocycles. The van der Waals surface area contributed by atoms with Crippen LogP contribution in [-0.2, 0) is 11.2 Å². The fraction of sp³-hybridized carbons (Fsp3) is 0.500. The smallest absolute Gasteiger partial charge is 0.270 e. The number of hydrogen-bond donors (Lipinski definition) is 1. The van der Waals surface area contributed by atoms with Crippen LogP contribution >= 0.6 is 28.3 Å². The molecule has 0 spiro atoms. The number of nitrogens with one attached hydrogen (secondary N) is 1. The van der Waals surface area contributed by atoms with Crippen molar-refractivity contribution in [3.8, 4) is 0 Å². The Balaban J connectivity index is 0.00000242. The first-order valence-electron chi connectivity index (χ1n) is 6.89. The van der Waals surface area contributed by atoms with Crippen molar-refractivity contribution in [2.24, 2.45) is 0 Å². The van der Waals surface area contributed by atoms with Crippen LogP contribution in [0.1, 0.15) is 18.4 Å². The first kappa shape index (κ1) is 18.9. The zero-order valence-electron chi connectivity index (χ0n) is 12.3. The van der Waals surface area contributed by atoms with E-state index in [1.165, 1.54) is 12.1 Å². The Morgan fingerprint density at radius 1 is 1.45 bits per heavy atom. The highest BCUT2D eigenvalue weighted by molar-refractivity contribution is 9.10. The van der Waals surface area contributed by atoms with Crippen molar-refractivity contribution in [2.75, 3.05) is 20.1 Å². The number of amides is 1. The van der Waals surface area contributed by atoms with E-state index in [4.69, 9.17) is 0 Å². The Kier molecular flexibility index (Phi) is 7.25. The molecule has 1 aromatic rings. The van der Waals surface area contributed by atoms with Gasteiger partial charge in [-0.2, -0.15) is 0 Å². The Morgan fingerprint density at radius 2 is 2.09 bits per heavy atom. The number of non-ortho nitro benzene ring substituents is 1. The van der Waals surface area contributed by atoms with E-state index in [-0.39, 0.29) is 30.4 Å². The van der Waals surface area contributed by atoms with Gasteiger partial charge in [0.15, 0.2) is 0 Å². The summed E-state index contributed by atoms with van der Waals surface area (Å²) in [5.41, 5.74) is 0.800. The number of likely N-dealkylation sites (tertiary alicyclic amines) is 1. The van der Waals surface area contributed by atoms with Gasteiger partial charge >= 0.3 is 0 Å². The molecule has 0 unspecified atom stereocenters. The molecular formula is C14H19BrClN3O3. The van der Waals surface area contributed by atoms with Gasteiger partial charge in [0.2, 0.25) is 5.91 Å². The fourth-order valence-corrected chi connectivity index (χ4v) is 2.99. The van der Waals surface area contributed by atoms with Crippen molar-refractivity contribution in [3.05, 3.63) is 38.3 Å². The fourth-order valence-electron chi connectivity index (χ4n) is 2.49. The summed E-state index contributed by atoms with van der Waals surface area (Å²) in [5, 5.41) is 13.9. The Hall–Kier alpha value is -1.18. The lowest BCUT2D eigenvalue weighted by atomic mass is 10.0. The normalized spacial score (nSPS) is 15.3. The second-order valence-corrected chi connectivity index (χ2v) is 6.01. The molecular weight excluding hydrogens is 374 g/mol. The van der Waals surface area contributed by atoms with Gasteiger partial charge in [0.25, 0.3) is 5.69 Å². The molecule has 0 radical (unpaired) electrons. The van der Waals surface area contributed by atoms with E-state index < -0.39 is 4.92 Å².